The molecule has 2 aliphatic carbocycles. The molecule has 1 aromatic rings. The van der Waals surface area contributed by atoms with Gasteiger partial charge in [0.15, 0.2) is 0 Å². The second kappa shape index (κ2) is 7.06. The Hall–Kier alpha value is -1.88. The lowest BCUT2D eigenvalue weighted by Gasteiger charge is -2.42. The summed E-state index contributed by atoms with van der Waals surface area (Å²) < 4.78 is 0. The number of amides is 2. The lowest BCUT2D eigenvalue weighted by molar-refractivity contribution is -0.131. The van der Waals surface area contributed by atoms with Crippen molar-refractivity contribution in [3.8, 4) is 0 Å². The minimum atomic E-state index is 0.117. The Morgan fingerprint density at radius 1 is 1.16 bits per heavy atom. The fourth-order valence-corrected chi connectivity index (χ4v) is 8.08. The summed E-state index contributed by atoms with van der Waals surface area (Å²) in [4.78, 5) is 32.4. The van der Waals surface area contributed by atoms with Crippen LogP contribution < -0.4 is 4.90 Å². The van der Waals surface area contributed by atoms with Gasteiger partial charge in [0.1, 0.15) is 0 Å². The zero-order valence-electron chi connectivity index (χ0n) is 19.8. The smallest absolute Gasteiger partial charge is 0.226 e. The summed E-state index contributed by atoms with van der Waals surface area (Å²) in [5.74, 6) is 1.44. The van der Waals surface area contributed by atoms with Crippen LogP contribution in [0.2, 0.25) is 0 Å². The van der Waals surface area contributed by atoms with Crippen LogP contribution in [0.5, 0.6) is 0 Å². The number of hydrogen-bond acceptors (Lipinski definition) is 3. The van der Waals surface area contributed by atoms with Crippen molar-refractivity contribution in [2.75, 3.05) is 24.5 Å². The number of carbonyl (C=O) groups excluding carboxylic acids is 2. The molecule has 5 unspecified atom stereocenters. The van der Waals surface area contributed by atoms with E-state index >= 15 is 0 Å². The van der Waals surface area contributed by atoms with Crippen LogP contribution in [0.15, 0.2) is 24.3 Å². The van der Waals surface area contributed by atoms with E-state index in [1.54, 1.807) is 6.92 Å². The average Bonchev–Trinajstić information content (AvgIpc) is 3.08. The molecule has 2 saturated carbocycles. The molecule has 0 N–H and O–H groups in total. The van der Waals surface area contributed by atoms with E-state index in [2.05, 4.69) is 47.9 Å². The van der Waals surface area contributed by atoms with Gasteiger partial charge in [0.05, 0.1) is 11.6 Å². The van der Waals surface area contributed by atoms with Gasteiger partial charge >= 0.3 is 0 Å². The summed E-state index contributed by atoms with van der Waals surface area (Å²) in [7, 11) is 0. The Bertz CT molecular complexity index is 952. The second-order valence-electron chi connectivity index (χ2n) is 11.3. The maximum absolute atomic E-state index is 13.0. The molecular weight excluding hydrogens is 398 g/mol. The molecule has 5 heteroatoms. The highest BCUT2D eigenvalue weighted by Gasteiger charge is 2.74. The molecule has 3 heterocycles. The Labute approximate surface area is 192 Å². The normalized spacial score (nSPS) is 35.5. The van der Waals surface area contributed by atoms with Gasteiger partial charge in [-0.05, 0) is 75.6 Å². The third kappa shape index (κ3) is 2.66. The highest BCUT2D eigenvalue weighted by atomic mass is 16.2. The molecule has 1 aromatic carbocycles. The molecule has 5 aliphatic rings. The van der Waals surface area contributed by atoms with Crippen molar-refractivity contribution in [3.05, 3.63) is 29.8 Å². The number of nitrogens with zero attached hydrogens (tertiary/aromatic N) is 3. The molecule has 6 rings (SSSR count). The summed E-state index contributed by atoms with van der Waals surface area (Å²) in [6, 6.07) is 9.70. The molecule has 0 bridgehead atoms. The maximum atomic E-state index is 13.0. The molecule has 0 aromatic heterocycles. The number of likely N-dealkylation sites (tertiary alicyclic amines) is 2. The molecule has 32 heavy (non-hydrogen) atoms. The Balaban J connectivity index is 1.16. The number of anilines is 1. The zero-order chi connectivity index (χ0) is 22.3. The fraction of sp³-hybridized carbons (Fsp3) is 0.704. The van der Waals surface area contributed by atoms with Crippen molar-refractivity contribution < 1.29 is 9.59 Å². The first-order chi connectivity index (χ1) is 15.4. The van der Waals surface area contributed by atoms with Crippen molar-refractivity contribution in [2.24, 2.45) is 11.8 Å². The van der Waals surface area contributed by atoms with Crippen molar-refractivity contribution in [2.45, 2.75) is 88.8 Å². The van der Waals surface area contributed by atoms with Gasteiger partial charge in [-0.15, -0.1) is 0 Å². The molecule has 172 valence electrons. The van der Waals surface area contributed by atoms with E-state index in [-0.39, 0.29) is 22.8 Å². The summed E-state index contributed by atoms with van der Waals surface area (Å²) in [5.41, 5.74) is 2.82. The maximum Gasteiger partial charge on any atom is 0.226 e. The number of benzene rings is 1. The Kier molecular flexibility index (Phi) is 4.57. The standard InChI is InChI=1S/C27H37N3O2/c1-4-18(2)25(32)30-24-10-9-20-15-21(16-27(20,24)30)28-13-11-26(12-14-28)17-29(19(3)31)23-8-6-5-7-22(23)26/h5-8,18,20-21,24H,4,9-17H2,1-3H3. The van der Waals surface area contributed by atoms with Crippen LogP contribution in [0.1, 0.15) is 71.3 Å². The number of carbonyl (C=O) groups is 2. The zero-order valence-corrected chi connectivity index (χ0v) is 19.8. The van der Waals surface area contributed by atoms with Gasteiger partial charge in [-0.25, -0.2) is 0 Å². The predicted molar refractivity (Wildman–Crippen MR) is 126 cm³/mol. The van der Waals surface area contributed by atoms with Gasteiger partial charge in [0.25, 0.3) is 0 Å². The van der Waals surface area contributed by atoms with Gasteiger partial charge in [0, 0.05) is 36.5 Å². The topological polar surface area (TPSA) is 43.6 Å². The fourth-order valence-electron chi connectivity index (χ4n) is 8.08. The molecule has 5 atom stereocenters. The number of rotatable bonds is 3. The van der Waals surface area contributed by atoms with E-state index in [1.165, 1.54) is 31.2 Å². The number of para-hydroxylation sites is 1. The van der Waals surface area contributed by atoms with Crippen LogP contribution in [0, 0.1) is 11.8 Å². The summed E-state index contributed by atoms with van der Waals surface area (Å²) in [6.07, 6.45) is 8.18. The minimum Gasteiger partial charge on any atom is -0.329 e. The van der Waals surface area contributed by atoms with Crippen molar-refractivity contribution in [1.29, 1.82) is 0 Å². The van der Waals surface area contributed by atoms with Crippen molar-refractivity contribution in [1.82, 2.24) is 9.80 Å². The average molecular weight is 436 g/mol. The highest BCUT2D eigenvalue weighted by molar-refractivity contribution is 5.94. The van der Waals surface area contributed by atoms with Gasteiger partial charge in [0.2, 0.25) is 11.8 Å². The molecule has 2 spiro atoms. The third-order valence-electron chi connectivity index (χ3n) is 10.0. The summed E-state index contributed by atoms with van der Waals surface area (Å²) in [5, 5.41) is 0. The van der Waals surface area contributed by atoms with Crippen LogP contribution in [-0.2, 0) is 15.0 Å². The summed E-state index contributed by atoms with van der Waals surface area (Å²) >= 11 is 0. The van der Waals surface area contributed by atoms with Gasteiger partial charge < -0.3 is 14.7 Å². The Morgan fingerprint density at radius 3 is 2.62 bits per heavy atom. The van der Waals surface area contributed by atoms with Crippen LogP contribution >= 0.6 is 0 Å². The van der Waals surface area contributed by atoms with E-state index in [0.717, 1.165) is 44.6 Å². The van der Waals surface area contributed by atoms with Crippen molar-refractivity contribution >= 4 is 17.5 Å². The van der Waals surface area contributed by atoms with Gasteiger partial charge in [-0.1, -0.05) is 32.0 Å². The number of fused-ring (bicyclic) bond motifs is 2. The van der Waals surface area contributed by atoms with Crippen LogP contribution in [0.4, 0.5) is 5.69 Å². The quantitative estimate of drug-likeness (QED) is 0.675. The lowest BCUT2D eigenvalue weighted by Crippen LogP contribution is -2.48. The van der Waals surface area contributed by atoms with Crippen LogP contribution in [0.3, 0.4) is 0 Å². The van der Waals surface area contributed by atoms with E-state index in [4.69, 9.17) is 0 Å². The first kappa shape index (κ1) is 20.7. The van der Waals surface area contributed by atoms with Crippen LogP contribution in [0.25, 0.3) is 0 Å². The molecule has 5 nitrogen and oxygen atoms in total. The molecule has 2 saturated heterocycles. The Morgan fingerprint density at radius 2 is 1.91 bits per heavy atom. The second-order valence-corrected chi connectivity index (χ2v) is 11.3. The molecule has 0 radical (unpaired) electrons. The first-order valence-corrected chi connectivity index (χ1v) is 12.9. The largest absolute Gasteiger partial charge is 0.329 e. The third-order valence-corrected chi connectivity index (χ3v) is 10.0. The first-order valence-electron chi connectivity index (χ1n) is 12.9. The molecule has 3 aliphatic heterocycles. The summed E-state index contributed by atoms with van der Waals surface area (Å²) in [6.45, 7) is 8.98. The van der Waals surface area contributed by atoms with Gasteiger partial charge in [-0.2, -0.15) is 0 Å². The minimum absolute atomic E-state index is 0.117. The highest BCUT2D eigenvalue weighted by Crippen LogP contribution is 2.65. The van der Waals surface area contributed by atoms with Gasteiger partial charge in [-0.3, -0.25) is 9.59 Å². The number of piperidine rings is 2. The van der Waals surface area contributed by atoms with E-state index in [9.17, 15) is 9.59 Å². The molecular formula is C27H37N3O2. The lowest BCUT2D eigenvalue weighted by atomic mass is 9.74. The predicted octanol–water partition coefficient (Wildman–Crippen LogP) is 3.95. The monoisotopic (exact) mass is 435 g/mol. The van der Waals surface area contributed by atoms with Crippen molar-refractivity contribution in [3.63, 3.8) is 0 Å². The van der Waals surface area contributed by atoms with E-state index < -0.39 is 0 Å². The SMILES string of the molecule is CCC(C)C(=O)N1C2CCC3CC(N4CCC5(CC4)CN(C(C)=O)c4ccccc45)CC321. The number of hydrogen-bond donors (Lipinski definition) is 0. The molecule has 4 fully saturated rings. The molecule has 2 amide bonds. The van der Waals surface area contributed by atoms with E-state index in [0.29, 0.717) is 23.9 Å². The van der Waals surface area contributed by atoms with E-state index in [1.807, 2.05) is 4.90 Å². The van der Waals surface area contributed by atoms with Crippen LogP contribution in [-0.4, -0.2) is 58.9 Å².